The fourth-order valence-electron chi connectivity index (χ4n) is 3.91. The SMILES string of the molecule is CN=C(NCCS(=O)(=O)N1CCSCC1)N1CCC2(CCOCC2)C1. The van der Waals surface area contributed by atoms with E-state index in [0.717, 1.165) is 56.6 Å². The lowest BCUT2D eigenvalue weighted by atomic mass is 9.80. The maximum absolute atomic E-state index is 12.4. The number of guanidine groups is 1. The summed E-state index contributed by atoms with van der Waals surface area (Å²) >= 11 is 1.82. The van der Waals surface area contributed by atoms with Gasteiger partial charge in [0.2, 0.25) is 10.0 Å². The van der Waals surface area contributed by atoms with Crippen molar-refractivity contribution < 1.29 is 13.2 Å². The number of hydrogen-bond donors (Lipinski definition) is 1. The number of aliphatic imine (C=N–C) groups is 1. The number of likely N-dealkylation sites (tertiary alicyclic amines) is 1. The Balaban J connectivity index is 1.48. The smallest absolute Gasteiger partial charge is 0.215 e. The molecule has 1 spiro atoms. The first-order valence-corrected chi connectivity index (χ1v) is 11.9. The fraction of sp³-hybridized carbons (Fsp3) is 0.938. The molecule has 3 rings (SSSR count). The zero-order chi connectivity index (χ0) is 17.8. The van der Waals surface area contributed by atoms with Crippen molar-refractivity contribution in [2.45, 2.75) is 19.3 Å². The first-order chi connectivity index (χ1) is 12.0. The predicted octanol–water partition coefficient (Wildman–Crippen LogP) is 0.443. The van der Waals surface area contributed by atoms with Gasteiger partial charge >= 0.3 is 0 Å². The molecule has 0 amide bonds. The van der Waals surface area contributed by atoms with E-state index in [1.165, 1.54) is 6.42 Å². The lowest BCUT2D eigenvalue weighted by molar-refractivity contribution is 0.0218. The van der Waals surface area contributed by atoms with E-state index in [1.54, 1.807) is 11.4 Å². The summed E-state index contributed by atoms with van der Waals surface area (Å²) in [4.78, 5) is 6.64. The molecule has 3 aliphatic heterocycles. The number of hydrogen-bond acceptors (Lipinski definition) is 5. The van der Waals surface area contributed by atoms with Gasteiger partial charge in [-0.3, -0.25) is 4.99 Å². The number of nitrogens with zero attached hydrogens (tertiary/aromatic N) is 3. The lowest BCUT2D eigenvalue weighted by Crippen LogP contribution is -2.45. The third-order valence-corrected chi connectivity index (χ3v) is 8.32. The molecule has 144 valence electrons. The van der Waals surface area contributed by atoms with Crippen molar-refractivity contribution in [3.8, 4) is 0 Å². The molecule has 1 N–H and O–H groups in total. The summed E-state index contributed by atoms with van der Waals surface area (Å²) < 4.78 is 32.0. The number of nitrogens with one attached hydrogen (secondary N) is 1. The molecule has 0 bridgehead atoms. The summed E-state index contributed by atoms with van der Waals surface area (Å²) in [6.07, 6.45) is 3.39. The molecule has 7 nitrogen and oxygen atoms in total. The van der Waals surface area contributed by atoms with Crippen LogP contribution in [-0.2, 0) is 14.8 Å². The Bertz CT molecular complexity index is 570. The van der Waals surface area contributed by atoms with Gasteiger partial charge in [-0.1, -0.05) is 0 Å². The van der Waals surface area contributed by atoms with Gasteiger partial charge in [0, 0.05) is 64.5 Å². The van der Waals surface area contributed by atoms with Crippen molar-refractivity contribution >= 4 is 27.7 Å². The molecular formula is C16H30N4O3S2. The maximum atomic E-state index is 12.4. The van der Waals surface area contributed by atoms with Gasteiger partial charge in [-0.05, 0) is 24.7 Å². The number of ether oxygens (including phenoxy) is 1. The minimum Gasteiger partial charge on any atom is -0.381 e. The minimum absolute atomic E-state index is 0.128. The van der Waals surface area contributed by atoms with Gasteiger partial charge in [0.05, 0.1) is 5.75 Å². The highest BCUT2D eigenvalue weighted by atomic mass is 32.2. The highest BCUT2D eigenvalue weighted by Crippen LogP contribution is 2.39. The summed E-state index contributed by atoms with van der Waals surface area (Å²) in [5.41, 5.74) is 0.355. The standard InChI is InChI=1S/C16H30N4O3S2/c1-17-15(19-6-2-16(14-19)3-9-23-10-4-16)18-5-13-25(21,22)20-7-11-24-12-8-20/h2-14H2,1H3,(H,17,18). The first-order valence-electron chi connectivity index (χ1n) is 9.14. The summed E-state index contributed by atoms with van der Waals surface area (Å²) in [7, 11) is -1.40. The van der Waals surface area contributed by atoms with Crippen LogP contribution in [0.5, 0.6) is 0 Å². The number of thioether (sulfide) groups is 1. The molecule has 0 unspecified atom stereocenters. The second-order valence-electron chi connectivity index (χ2n) is 7.09. The maximum Gasteiger partial charge on any atom is 0.215 e. The van der Waals surface area contributed by atoms with Gasteiger partial charge < -0.3 is 15.0 Å². The fourth-order valence-corrected chi connectivity index (χ4v) is 6.40. The molecule has 3 heterocycles. The molecule has 0 aromatic carbocycles. The van der Waals surface area contributed by atoms with Crippen LogP contribution in [0, 0.1) is 5.41 Å². The molecule has 0 atom stereocenters. The molecule has 3 saturated heterocycles. The molecule has 3 fully saturated rings. The van der Waals surface area contributed by atoms with E-state index in [-0.39, 0.29) is 5.75 Å². The highest BCUT2D eigenvalue weighted by molar-refractivity contribution is 7.99. The topological polar surface area (TPSA) is 74.2 Å². The Morgan fingerprint density at radius 2 is 1.92 bits per heavy atom. The van der Waals surface area contributed by atoms with Gasteiger partial charge in [-0.15, -0.1) is 0 Å². The van der Waals surface area contributed by atoms with Gasteiger partial charge in [0.1, 0.15) is 0 Å². The Morgan fingerprint density at radius 3 is 2.60 bits per heavy atom. The Kier molecular flexibility index (Phi) is 6.51. The van der Waals surface area contributed by atoms with Crippen LogP contribution in [-0.4, -0.2) is 93.8 Å². The molecule has 25 heavy (non-hydrogen) atoms. The largest absolute Gasteiger partial charge is 0.381 e. The van der Waals surface area contributed by atoms with Crippen LogP contribution in [0.4, 0.5) is 0 Å². The van der Waals surface area contributed by atoms with Crippen molar-refractivity contribution in [2.75, 3.05) is 70.2 Å². The monoisotopic (exact) mass is 390 g/mol. The zero-order valence-corrected chi connectivity index (χ0v) is 16.7. The molecule has 0 aromatic heterocycles. The van der Waals surface area contributed by atoms with E-state index in [2.05, 4.69) is 15.2 Å². The summed E-state index contributed by atoms with van der Waals surface area (Å²) in [6, 6.07) is 0. The summed E-state index contributed by atoms with van der Waals surface area (Å²) in [5.74, 6) is 2.75. The van der Waals surface area contributed by atoms with Crippen molar-refractivity contribution in [1.29, 1.82) is 0 Å². The molecule has 0 aliphatic carbocycles. The summed E-state index contributed by atoms with van der Waals surface area (Å²) in [5, 5.41) is 3.26. The second kappa shape index (κ2) is 8.45. The Labute approximate surface area is 155 Å². The summed E-state index contributed by atoms with van der Waals surface area (Å²) in [6.45, 7) is 5.36. The van der Waals surface area contributed by atoms with Gasteiger partial charge in [-0.25, -0.2) is 12.7 Å². The third-order valence-electron chi connectivity index (χ3n) is 5.51. The second-order valence-corrected chi connectivity index (χ2v) is 10.4. The zero-order valence-electron chi connectivity index (χ0n) is 15.1. The molecule has 0 aromatic rings. The number of sulfonamides is 1. The van der Waals surface area contributed by atoms with Gasteiger partial charge in [0.15, 0.2) is 5.96 Å². The van der Waals surface area contributed by atoms with E-state index in [9.17, 15) is 8.42 Å². The van der Waals surface area contributed by atoms with Crippen molar-refractivity contribution in [1.82, 2.24) is 14.5 Å². The van der Waals surface area contributed by atoms with E-state index >= 15 is 0 Å². The van der Waals surface area contributed by atoms with E-state index in [1.807, 2.05) is 11.8 Å². The van der Waals surface area contributed by atoms with E-state index in [4.69, 9.17) is 4.74 Å². The Morgan fingerprint density at radius 1 is 1.20 bits per heavy atom. The van der Waals surface area contributed by atoms with Crippen LogP contribution < -0.4 is 5.32 Å². The number of rotatable bonds is 4. The van der Waals surface area contributed by atoms with Crippen LogP contribution in [0.2, 0.25) is 0 Å². The average Bonchev–Trinajstić information content (AvgIpc) is 3.03. The normalized spacial score (nSPS) is 25.5. The first kappa shape index (κ1) is 19.3. The molecular weight excluding hydrogens is 360 g/mol. The van der Waals surface area contributed by atoms with Gasteiger partial charge in [-0.2, -0.15) is 11.8 Å². The average molecular weight is 391 g/mol. The molecule has 0 radical (unpaired) electrons. The van der Waals surface area contributed by atoms with E-state index in [0.29, 0.717) is 25.0 Å². The highest BCUT2D eigenvalue weighted by Gasteiger charge is 2.40. The molecule has 9 heteroatoms. The van der Waals surface area contributed by atoms with Crippen molar-refractivity contribution in [2.24, 2.45) is 10.4 Å². The van der Waals surface area contributed by atoms with Crippen LogP contribution >= 0.6 is 11.8 Å². The lowest BCUT2D eigenvalue weighted by Gasteiger charge is -2.33. The van der Waals surface area contributed by atoms with Crippen molar-refractivity contribution in [3.63, 3.8) is 0 Å². The molecule has 3 aliphatic rings. The molecule has 0 saturated carbocycles. The van der Waals surface area contributed by atoms with E-state index < -0.39 is 10.0 Å². The van der Waals surface area contributed by atoms with Crippen LogP contribution in [0.25, 0.3) is 0 Å². The van der Waals surface area contributed by atoms with Crippen molar-refractivity contribution in [3.05, 3.63) is 0 Å². The quantitative estimate of drug-likeness (QED) is 0.555. The van der Waals surface area contributed by atoms with Crippen LogP contribution in [0.1, 0.15) is 19.3 Å². The van der Waals surface area contributed by atoms with Gasteiger partial charge in [0.25, 0.3) is 0 Å². The minimum atomic E-state index is -3.17. The predicted molar refractivity (Wildman–Crippen MR) is 103 cm³/mol. The van der Waals surface area contributed by atoms with Crippen LogP contribution in [0.3, 0.4) is 0 Å². The Hall–Kier alpha value is -0.510. The third kappa shape index (κ3) is 4.81. The van der Waals surface area contributed by atoms with Crippen LogP contribution in [0.15, 0.2) is 4.99 Å².